The average Bonchev–Trinajstić information content (AvgIpc) is 2.90. The first-order chi connectivity index (χ1) is 18.5. The van der Waals surface area contributed by atoms with Crippen LogP contribution in [0.15, 0.2) is 78.9 Å². The second kappa shape index (κ2) is 13.6. The molecular weight excluding hydrogens is 541 g/mol. The van der Waals surface area contributed by atoms with E-state index in [1.807, 2.05) is 44.2 Å². The highest BCUT2D eigenvalue weighted by Gasteiger charge is 2.34. The van der Waals surface area contributed by atoms with Crippen molar-refractivity contribution in [3.63, 3.8) is 0 Å². The minimum absolute atomic E-state index is 0.129. The predicted molar refractivity (Wildman–Crippen MR) is 152 cm³/mol. The fourth-order valence-electron chi connectivity index (χ4n) is 4.05. The highest BCUT2D eigenvalue weighted by atomic mass is 35.5. The number of sulfonamides is 1. The second-order valence-electron chi connectivity index (χ2n) is 9.36. The van der Waals surface area contributed by atoms with Crippen LogP contribution in [0.3, 0.4) is 0 Å². The lowest BCUT2D eigenvalue weighted by molar-refractivity contribution is -0.140. The summed E-state index contributed by atoms with van der Waals surface area (Å²) in [6, 6.07) is 20.2. The molecule has 2 amide bonds. The first kappa shape index (κ1) is 30.1. The summed E-state index contributed by atoms with van der Waals surface area (Å²) in [6.45, 7) is 2.91. The number of hydrogen-bond donors (Lipinski definition) is 1. The van der Waals surface area contributed by atoms with Crippen molar-refractivity contribution in [1.82, 2.24) is 10.2 Å². The highest BCUT2D eigenvalue weighted by Crippen LogP contribution is 2.28. The smallest absolute Gasteiger partial charge is 0.244 e. The summed E-state index contributed by atoms with van der Waals surface area (Å²) >= 11 is 6.29. The van der Waals surface area contributed by atoms with E-state index >= 15 is 0 Å². The van der Waals surface area contributed by atoms with Gasteiger partial charge in [-0.15, -0.1) is 0 Å². The standard InChI is InChI=1S/C29H33ClFN3O4S/c1-4-21(2)32-29(36)27(18-22-12-6-5-7-13-22)33(19-23-14-8-10-16-25(23)31)28(35)20-34(39(3,37)38)26-17-11-9-15-24(26)30/h5-17,21,27H,4,18-20H2,1-3H3,(H,32,36)/t21-,27+/m1/s1. The molecule has 0 radical (unpaired) electrons. The molecule has 39 heavy (non-hydrogen) atoms. The Morgan fingerprint density at radius 2 is 1.59 bits per heavy atom. The number of amides is 2. The van der Waals surface area contributed by atoms with Crippen LogP contribution in [0.5, 0.6) is 0 Å². The molecule has 10 heteroatoms. The second-order valence-corrected chi connectivity index (χ2v) is 11.7. The average molecular weight is 574 g/mol. The summed E-state index contributed by atoms with van der Waals surface area (Å²) in [6.07, 6.45) is 1.79. The molecule has 0 aromatic heterocycles. The number of rotatable bonds is 12. The van der Waals surface area contributed by atoms with Crippen molar-refractivity contribution in [1.29, 1.82) is 0 Å². The molecule has 3 aromatic carbocycles. The number of anilines is 1. The maximum absolute atomic E-state index is 14.8. The summed E-state index contributed by atoms with van der Waals surface area (Å²) in [4.78, 5) is 28.8. The number of nitrogens with zero attached hydrogens (tertiary/aromatic N) is 2. The number of carbonyl (C=O) groups is 2. The van der Waals surface area contributed by atoms with Crippen molar-refractivity contribution >= 4 is 39.1 Å². The van der Waals surface area contributed by atoms with Crippen molar-refractivity contribution in [3.8, 4) is 0 Å². The number of halogens is 2. The molecule has 2 atom stereocenters. The fourth-order valence-corrected chi connectivity index (χ4v) is 5.20. The largest absolute Gasteiger partial charge is 0.352 e. The molecule has 7 nitrogen and oxygen atoms in total. The molecule has 0 bridgehead atoms. The van der Waals surface area contributed by atoms with Crippen LogP contribution in [0.25, 0.3) is 0 Å². The third kappa shape index (κ3) is 8.28. The maximum atomic E-state index is 14.8. The van der Waals surface area contributed by atoms with Crippen molar-refractivity contribution in [3.05, 3.63) is 101 Å². The number of benzene rings is 3. The quantitative estimate of drug-likeness (QED) is 0.337. The van der Waals surface area contributed by atoms with E-state index in [1.165, 1.54) is 35.2 Å². The summed E-state index contributed by atoms with van der Waals surface area (Å²) in [7, 11) is -3.95. The molecule has 1 N–H and O–H groups in total. The number of para-hydroxylation sites is 1. The van der Waals surface area contributed by atoms with Gasteiger partial charge >= 0.3 is 0 Å². The van der Waals surface area contributed by atoms with Gasteiger partial charge in [-0.05, 0) is 37.1 Å². The predicted octanol–water partition coefficient (Wildman–Crippen LogP) is 4.80. The SMILES string of the molecule is CC[C@@H](C)NC(=O)[C@H](Cc1ccccc1)N(Cc1ccccc1F)C(=O)CN(c1ccccc1Cl)S(C)(=O)=O. The molecule has 0 aliphatic heterocycles. The molecule has 3 rings (SSSR count). The van der Waals surface area contributed by atoms with E-state index in [4.69, 9.17) is 11.6 Å². The Hall–Kier alpha value is -3.43. The van der Waals surface area contributed by atoms with Crippen molar-refractivity contribution in [2.75, 3.05) is 17.1 Å². The molecule has 0 aliphatic rings. The van der Waals surface area contributed by atoms with Gasteiger partial charge in [-0.3, -0.25) is 13.9 Å². The minimum atomic E-state index is -3.95. The Kier molecular flexibility index (Phi) is 10.5. The van der Waals surface area contributed by atoms with Gasteiger partial charge in [0.05, 0.1) is 17.0 Å². The molecule has 0 aliphatic carbocycles. The van der Waals surface area contributed by atoms with E-state index in [2.05, 4.69) is 5.32 Å². The summed E-state index contributed by atoms with van der Waals surface area (Å²) < 4.78 is 41.3. The van der Waals surface area contributed by atoms with Crippen LogP contribution in [0, 0.1) is 5.82 Å². The lowest BCUT2D eigenvalue weighted by atomic mass is 10.0. The van der Waals surface area contributed by atoms with E-state index in [0.717, 1.165) is 16.1 Å². The van der Waals surface area contributed by atoms with Gasteiger partial charge < -0.3 is 10.2 Å². The molecule has 0 heterocycles. The number of hydrogen-bond acceptors (Lipinski definition) is 4. The molecule has 0 unspecified atom stereocenters. The number of carbonyl (C=O) groups excluding carboxylic acids is 2. The third-order valence-corrected chi connectivity index (χ3v) is 7.82. The van der Waals surface area contributed by atoms with Crippen molar-refractivity contribution < 1.29 is 22.4 Å². The van der Waals surface area contributed by atoms with E-state index in [9.17, 15) is 22.4 Å². The zero-order chi connectivity index (χ0) is 28.6. The van der Waals surface area contributed by atoms with Crippen LogP contribution in [-0.4, -0.2) is 50.0 Å². The molecule has 0 saturated heterocycles. The topological polar surface area (TPSA) is 86.8 Å². The molecule has 0 fully saturated rings. The van der Waals surface area contributed by atoms with Gasteiger partial charge in [-0.1, -0.05) is 79.2 Å². The lowest BCUT2D eigenvalue weighted by Crippen LogP contribution is -2.54. The Labute approximate surface area is 234 Å². The first-order valence-electron chi connectivity index (χ1n) is 12.6. The lowest BCUT2D eigenvalue weighted by Gasteiger charge is -2.34. The van der Waals surface area contributed by atoms with Crippen LogP contribution in [0.2, 0.25) is 5.02 Å². The number of nitrogens with one attached hydrogen (secondary N) is 1. The zero-order valence-corrected chi connectivity index (χ0v) is 23.8. The first-order valence-corrected chi connectivity index (χ1v) is 14.8. The molecule has 0 spiro atoms. The fraction of sp³-hybridized carbons (Fsp3) is 0.310. The van der Waals surface area contributed by atoms with Gasteiger partial charge in [0.15, 0.2) is 0 Å². The monoisotopic (exact) mass is 573 g/mol. The summed E-state index contributed by atoms with van der Waals surface area (Å²) in [5.41, 5.74) is 1.12. The Morgan fingerprint density at radius 1 is 0.974 bits per heavy atom. The van der Waals surface area contributed by atoms with Crippen molar-refractivity contribution in [2.24, 2.45) is 0 Å². The summed E-state index contributed by atoms with van der Waals surface area (Å²) in [5.74, 6) is -1.63. The Morgan fingerprint density at radius 3 is 2.21 bits per heavy atom. The van der Waals surface area contributed by atoms with Crippen LogP contribution in [0.1, 0.15) is 31.4 Å². The third-order valence-electron chi connectivity index (χ3n) is 6.37. The van der Waals surface area contributed by atoms with Gasteiger partial charge in [-0.2, -0.15) is 0 Å². The van der Waals surface area contributed by atoms with Crippen LogP contribution >= 0.6 is 11.6 Å². The van der Waals surface area contributed by atoms with E-state index in [-0.39, 0.29) is 35.3 Å². The van der Waals surface area contributed by atoms with Gasteiger partial charge in [0, 0.05) is 24.6 Å². The maximum Gasteiger partial charge on any atom is 0.244 e. The van der Waals surface area contributed by atoms with E-state index in [1.54, 1.807) is 18.2 Å². The van der Waals surface area contributed by atoms with E-state index < -0.39 is 40.2 Å². The van der Waals surface area contributed by atoms with Crippen molar-refractivity contribution in [2.45, 2.75) is 45.3 Å². The van der Waals surface area contributed by atoms with Crippen LogP contribution in [0.4, 0.5) is 10.1 Å². The normalized spacial score (nSPS) is 12.8. The van der Waals surface area contributed by atoms with Crippen LogP contribution < -0.4 is 9.62 Å². The Bertz CT molecular complexity index is 1390. The minimum Gasteiger partial charge on any atom is -0.352 e. The molecule has 0 saturated carbocycles. The van der Waals surface area contributed by atoms with Gasteiger partial charge in [0.1, 0.15) is 18.4 Å². The van der Waals surface area contributed by atoms with E-state index in [0.29, 0.717) is 6.42 Å². The van der Waals surface area contributed by atoms with Gasteiger partial charge in [0.2, 0.25) is 21.8 Å². The molecule has 3 aromatic rings. The van der Waals surface area contributed by atoms with Gasteiger partial charge in [-0.25, -0.2) is 12.8 Å². The zero-order valence-electron chi connectivity index (χ0n) is 22.2. The highest BCUT2D eigenvalue weighted by molar-refractivity contribution is 7.92. The molecule has 208 valence electrons. The summed E-state index contributed by atoms with van der Waals surface area (Å²) in [5, 5.41) is 3.08. The Balaban J connectivity index is 2.08. The van der Waals surface area contributed by atoms with Crippen LogP contribution in [-0.2, 0) is 32.6 Å². The van der Waals surface area contributed by atoms with Gasteiger partial charge in [0.25, 0.3) is 0 Å². The molecular formula is C29H33ClFN3O4S.